The molecular weight excluding hydrogens is 1090 g/mol. The molecule has 1 N–H and O–H groups in total. The number of amides is 2. The third kappa shape index (κ3) is 17.1. The van der Waals surface area contributed by atoms with Gasteiger partial charge in [-0.15, -0.1) is 5.06 Å². The molecule has 4 heterocycles. The molecule has 0 radical (unpaired) electrons. The van der Waals surface area contributed by atoms with E-state index in [-0.39, 0.29) is 74.6 Å². The molecule has 20 nitrogen and oxygen atoms in total. The van der Waals surface area contributed by atoms with Crippen molar-refractivity contribution in [3.8, 4) is 5.75 Å². The average Bonchev–Trinajstić information content (AvgIpc) is 3.98. The molecule has 1 atom stereocenters. The van der Waals surface area contributed by atoms with E-state index in [2.05, 4.69) is 43.9 Å². The van der Waals surface area contributed by atoms with Crippen molar-refractivity contribution in [2.75, 3.05) is 104 Å². The van der Waals surface area contributed by atoms with Gasteiger partial charge in [-0.3, -0.25) is 14.1 Å². The molecule has 1 saturated heterocycles. The van der Waals surface area contributed by atoms with E-state index in [1.807, 2.05) is 66.1 Å². The molecule has 4 aliphatic heterocycles. The zero-order chi connectivity index (χ0) is 56.8. The number of ether oxygens (including phenoxy) is 7. The Hall–Kier alpha value is -4.92. The van der Waals surface area contributed by atoms with E-state index in [1.165, 1.54) is 18.2 Å². The van der Waals surface area contributed by atoms with Crippen molar-refractivity contribution in [2.45, 2.75) is 82.1 Å². The Morgan fingerprint density at radius 1 is 0.812 bits per heavy atom. The van der Waals surface area contributed by atoms with Crippen molar-refractivity contribution in [2.24, 2.45) is 0 Å². The summed E-state index contributed by atoms with van der Waals surface area (Å²) in [7, 11) is -7.67. The van der Waals surface area contributed by atoms with Crippen molar-refractivity contribution in [3.05, 3.63) is 113 Å². The second-order valence-corrected chi connectivity index (χ2v) is 23.0. The van der Waals surface area contributed by atoms with Gasteiger partial charge in [0.2, 0.25) is 5.69 Å². The van der Waals surface area contributed by atoms with E-state index in [4.69, 9.17) is 38.0 Å². The second kappa shape index (κ2) is 29.4. The van der Waals surface area contributed by atoms with E-state index in [1.54, 1.807) is 7.11 Å². The third-order valence-corrected chi connectivity index (χ3v) is 15.5. The predicted octanol–water partition coefficient (Wildman–Crippen LogP) is 3.81. The fourth-order valence-electron chi connectivity index (χ4n) is 10.1. The molecule has 0 saturated carbocycles. The predicted molar refractivity (Wildman–Crippen MR) is 293 cm³/mol. The van der Waals surface area contributed by atoms with E-state index >= 15 is 0 Å². The molecule has 80 heavy (non-hydrogen) atoms. The fourth-order valence-corrected chi connectivity index (χ4v) is 11.1. The molecule has 0 bridgehead atoms. The first-order valence-corrected chi connectivity index (χ1v) is 29.4. The molecule has 0 aromatic heterocycles. The first-order chi connectivity index (χ1) is 37.7. The summed E-state index contributed by atoms with van der Waals surface area (Å²) in [5, 5.41) is 0.473. The molecule has 3 aromatic rings. The number of anilines is 1. The van der Waals surface area contributed by atoms with Crippen LogP contribution in [-0.4, -0.2) is 163 Å². The van der Waals surface area contributed by atoms with Crippen molar-refractivity contribution in [1.82, 2.24) is 5.06 Å². The average molecular weight is 1160 g/mol. The number of hydrogen-bond acceptors (Lipinski definition) is 17. The summed E-state index contributed by atoms with van der Waals surface area (Å²) in [6, 6.07) is 17.8. The van der Waals surface area contributed by atoms with Crippen LogP contribution in [0.1, 0.15) is 88.5 Å². The number of methoxy groups -OCH3 is 1. The van der Waals surface area contributed by atoms with Crippen LogP contribution < -0.4 is 39.2 Å². The van der Waals surface area contributed by atoms with Crippen LogP contribution in [0.2, 0.25) is 0 Å². The maximum atomic E-state index is 13.0. The fraction of sp³-hybridized carbons (Fsp3) is 0.474. The van der Waals surface area contributed by atoms with Crippen LogP contribution in [0.4, 0.5) is 11.4 Å². The molecule has 0 spiro atoms. The number of imide groups is 1. The number of hydroxylamine groups is 2. The van der Waals surface area contributed by atoms with Gasteiger partial charge in [0.15, 0.2) is 5.71 Å². The number of carbonyl (C=O) groups is 3. The molecule has 3 aromatic carbocycles. The SMILES string of the molecule is COCCOCCOCCOCCOCCOCCN1c2cc3c(cc2C(C)=CC1(C)C)C(=CC=CC1=[N+](CCCS(=O)(=O)O)c2ccc(S(=O)(=O)[O-])cc2C1(C)CCCC(=O)ON1C(=O)CCC1=O)C=C(c1ccccc1)O3.[Na+]. The Morgan fingerprint density at radius 2 is 1.43 bits per heavy atom. The summed E-state index contributed by atoms with van der Waals surface area (Å²) < 4.78 is 113. The van der Waals surface area contributed by atoms with Crippen LogP contribution in [0.15, 0.2) is 95.9 Å². The summed E-state index contributed by atoms with van der Waals surface area (Å²) in [5.74, 6) is -1.44. The summed E-state index contributed by atoms with van der Waals surface area (Å²) in [6.07, 6.45) is 9.64. The van der Waals surface area contributed by atoms with Gasteiger partial charge < -0.3 is 47.4 Å². The van der Waals surface area contributed by atoms with Gasteiger partial charge in [0.1, 0.15) is 28.2 Å². The quantitative estimate of drug-likeness (QED) is 0.0316. The first-order valence-electron chi connectivity index (χ1n) is 26.3. The van der Waals surface area contributed by atoms with Gasteiger partial charge in [0, 0.05) is 85.5 Å². The van der Waals surface area contributed by atoms with Crippen LogP contribution in [0.25, 0.3) is 16.9 Å². The number of benzene rings is 3. The Labute approximate surface area is 491 Å². The molecule has 4 aliphatic rings. The minimum absolute atomic E-state index is 0. The Kier molecular flexibility index (Phi) is 23.6. The molecule has 428 valence electrons. The van der Waals surface area contributed by atoms with Gasteiger partial charge in [0.25, 0.3) is 21.9 Å². The summed E-state index contributed by atoms with van der Waals surface area (Å²) >= 11 is 0. The van der Waals surface area contributed by atoms with Crippen LogP contribution in [0.5, 0.6) is 5.75 Å². The van der Waals surface area contributed by atoms with E-state index < -0.39 is 59.6 Å². The van der Waals surface area contributed by atoms with Gasteiger partial charge in [-0.1, -0.05) is 48.6 Å². The summed E-state index contributed by atoms with van der Waals surface area (Å²) in [6.45, 7) is 13.9. The molecule has 2 amide bonds. The van der Waals surface area contributed by atoms with Crippen molar-refractivity contribution >= 4 is 72.0 Å². The molecular formula is C57H71N3NaO17S2+. The van der Waals surface area contributed by atoms with Crippen LogP contribution >= 0.6 is 0 Å². The normalized spacial score (nSPS) is 18.3. The number of hydrogen-bond donors (Lipinski definition) is 1. The molecule has 23 heteroatoms. The number of carbonyl (C=O) groups excluding carboxylic acids is 3. The largest absolute Gasteiger partial charge is 1.00 e. The molecule has 0 aliphatic carbocycles. The Balaban J connectivity index is 0.0000103. The maximum absolute atomic E-state index is 13.0. The zero-order valence-corrected chi connectivity index (χ0v) is 50.1. The van der Waals surface area contributed by atoms with E-state index in [0.29, 0.717) is 113 Å². The number of allylic oxidation sites excluding steroid dienone is 6. The monoisotopic (exact) mass is 1160 g/mol. The molecule has 1 fully saturated rings. The number of rotatable bonds is 31. The smallest absolute Gasteiger partial charge is 0.744 e. The van der Waals surface area contributed by atoms with Crippen molar-refractivity contribution in [3.63, 3.8) is 0 Å². The van der Waals surface area contributed by atoms with Gasteiger partial charge in [0.05, 0.1) is 94.3 Å². The second-order valence-electron chi connectivity index (χ2n) is 20.1. The first kappa shape index (κ1) is 64.3. The van der Waals surface area contributed by atoms with Crippen molar-refractivity contribution < 1.29 is 112 Å². The minimum atomic E-state index is -4.94. The third-order valence-electron chi connectivity index (χ3n) is 13.9. The van der Waals surface area contributed by atoms with Crippen LogP contribution in [0.3, 0.4) is 0 Å². The summed E-state index contributed by atoms with van der Waals surface area (Å²) in [5.41, 5.74) is 5.45. The zero-order valence-electron chi connectivity index (χ0n) is 46.4. The minimum Gasteiger partial charge on any atom is -0.744 e. The van der Waals surface area contributed by atoms with E-state index in [9.17, 15) is 40.3 Å². The Bertz CT molecular complexity index is 3070. The van der Waals surface area contributed by atoms with Gasteiger partial charge in [-0.05, 0) is 76.0 Å². The maximum Gasteiger partial charge on any atom is 1.00 e. The van der Waals surface area contributed by atoms with Gasteiger partial charge in [-0.25, -0.2) is 13.2 Å². The van der Waals surface area contributed by atoms with Crippen molar-refractivity contribution in [1.29, 1.82) is 0 Å². The topological polar surface area (TPSA) is 246 Å². The van der Waals surface area contributed by atoms with Gasteiger partial charge >= 0.3 is 35.5 Å². The summed E-state index contributed by atoms with van der Waals surface area (Å²) in [4.78, 5) is 44.4. The van der Waals surface area contributed by atoms with Gasteiger partial charge in [-0.2, -0.15) is 13.0 Å². The molecule has 1 unspecified atom stereocenters. The number of fused-ring (bicyclic) bond motifs is 3. The van der Waals surface area contributed by atoms with E-state index in [0.717, 1.165) is 33.5 Å². The standard InChI is InChI=1S/C57H71N3O17S2.Na/c1-41-40-56(2,3)59(23-24-71-27-28-73-31-32-75-34-33-74-30-29-72-26-25-70-5)49-39-51-46(38-45(41)49)43(36-50(76-51)42-12-7-6-8-13-42)14-9-15-52-57(4,21-10-16-55(63)77-60-53(61)19-20-54(60)62)47-37-44(79(67,68)69)17-18-48(47)58(52)22-11-35-78(64,65)66;/h6-9,12-15,17-18,36-40H,10-11,16,19-35H2,1-5H3,(H-,64,65,66,67,68,69);/q;+1. The van der Waals surface area contributed by atoms with Crippen LogP contribution in [-0.2, 0) is 73.3 Å². The number of nitrogens with zero attached hydrogens (tertiary/aromatic N) is 3. The molecule has 7 rings (SSSR count). The Morgan fingerprint density at radius 3 is 2.02 bits per heavy atom. The van der Waals surface area contributed by atoms with Crippen LogP contribution in [0, 0.1) is 0 Å².